The van der Waals surface area contributed by atoms with E-state index in [1.165, 1.54) is 12.8 Å². The topological polar surface area (TPSA) is 50.7 Å². The molecule has 1 aliphatic rings. The Labute approximate surface area is 105 Å². The van der Waals surface area contributed by atoms with Gasteiger partial charge in [-0.3, -0.25) is 0 Å². The zero-order chi connectivity index (χ0) is 12.7. The number of aliphatic hydroxyl groups excluding tert-OH is 1. The average Bonchev–Trinajstić information content (AvgIpc) is 2.79. The first-order chi connectivity index (χ1) is 8.03. The zero-order valence-electron chi connectivity index (χ0n) is 11.4. The van der Waals surface area contributed by atoms with Gasteiger partial charge in [-0.2, -0.15) is 0 Å². The van der Waals surface area contributed by atoms with Gasteiger partial charge in [-0.05, 0) is 26.7 Å². The van der Waals surface area contributed by atoms with Gasteiger partial charge in [-0.25, -0.2) is 0 Å². The zero-order valence-corrected chi connectivity index (χ0v) is 11.4. The van der Waals surface area contributed by atoms with Crippen LogP contribution in [0, 0.1) is 0 Å². The molecule has 0 bridgehead atoms. The summed E-state index contributed by atoms with van der Waals surface area (Å²) in [5, 5.41) is 12.9. The Morgan fingerprint density at radius 1 is 1.35 bits per heavy atom. The van der Waals surface area contributed by atoms with Crippen LogP contribution in [0.1, 0.15) is 39.5 Å². The van der Waals surface area contributed by atoms with E-state index in [0.717, 1.165) is 19.4 Å². The van der Waals surface area contributed by atoms with Crippen molar-refractivity contribution in [3.8, 4) is 0 Å². The van der Waals surface area contributed by atoms with E-state index in [1.807, 2.05) is 13.8 Å². The van der Waals surface area contributed by atoms with Gasteiger partial charge in [0.15, 0.2) is 0 Å². The van der Waals surface area contributed by atoms with Crippen LogP contribution in [-0.2, 0) is 9.47 Å². The third-order valence-corrected chi connectivity index (χ3v) is 3.31. The average molecular weight is 245 g/mol. The summed E-state index contributed by atoms with van der Waals surface area (Å²) in [7, 11) is 1.70. The number of aliphatic hydroxyl groups is 1. The molecule has 1 aliphatic carbocycles. The van der Waals surface area contributed by atoms with Crippen LogP contribution in [0.5, 0.6) is 0 Å². The minimum atomic E-state index is -0.428. The summed E-state index contributed by atoms with van der Waals surface area (Å²) in [6.45, 7) is 5.75. The Morgan fingerprint density at radius 2 is 2.00 bits per heavy atom. The Kier molecular flexibility index (Phi) is 6.41. The highest BCUT2D eigenvalue weighted by atomic mass is 16.5. The lowest BCUT2D eigenvalue weighted by molar-refractivity contribution is -0.0112. The molecule has 1 unspecified atom stereocenters. The van der Waals surface area contributed by atoms with Crippen molar-refractivity contribution in [2.75, 3.05) is 26.8 Å². The van der Waals surface area contributed by atoms with Crippen molar-refractivity contribution in [3.63, 3.8) is 0 Å². The van der Waals surface area contributed by atoms with Crippen LogP contribution in [-0.4, -0.2) is 49.7 Å². The maximum absolute atomic E-state index is 9.75. The smallest absolute Gasteiger partial charge is 0.0897 e. The predicted octanol–water partition coefficient (Wildman–Crippen LogP) is 1.32. The number of ether oxygens (including phenoxy) is 2. The third-order valence-electron chi connectivity index (χ3n) is 3.31. The van der Waals surface area contributed by atoms with Crippen molar-refractivity contribution in [1.29, 1.82) is 0 Å². The molecule has 2 N–H and O–H groups in total. The fourth-order valence-electron chi connectivity index (χ4n) is 1.97. The second-order valence-electron chi connectivity index (χ2n) is 5.49. The molecule has 17 heavy (non-hydrogen) atoms. The quantitative estimate of drug-likeness (QED) is 0.677. The standard InChI is InChI=1S/C13H27NO3/c1-13(2,16-3)10-14-8-11(15)9-17-12-6-4-5-7-12/h11-12,14-15H,4-10H2,1-3H3. The van der Waals surface area contributed by atoms with E-state index < -0.39 is 6.10 Å². The van der Waals surface area contributed by atoms with Gasteiger partial charge in [-0.15, -0.1) is 0 Å². The molecule has 0 heterocycles. The highest BCUT2D eigenvalue weighted by Crippen LogP contribution is 2.20. The SMILES string of the molecule is COC(C)(C)CNCC(O)COC1CCCC1. The maximum atomic E-state index is 9.75. The van der Waals surface area contributed by atoms with E-state index in [-0.39, 0.29) is 5.60 Å². The van der Waals surface area contributed by atoms with Crippen molar-refractivity contribution < 1.29 is 14.6 Å². The van der Waals surface area contributed by atoms with Gasteiger partial charge < -0.3 is 19.9 Å². The van der Waals surface area contributed by atoms with Crippen molar-refractivity contribution in [2.24, 2.45) is 0 Å². The molecule has 0 amide bonds. The van der Waals surface area contributed by atoms with Crippen LogP contribution < -0.4 is 5.32 Å². The largest absolute Gasteiger partial charge is 0.389 e. The van der Waals surface area contributed by atoms with Crippen molar-refractivity contribution in [1.82, 2.24) is 5.32 Å². The molecule has 0 aliphatic heterocycles. The number of hydrogen-bond donors (Lipinski definition) is 2. The number of methoxy groups -OCH3 is 1. The predicted molar refractivity (Wildman–Crippen MR) is 68.2 cm³/mol. The molecule has 0 aromatic carbocycles. The van der Waals surface area contributed by atoms with Gasteiger partial charge >= 0.3 is 0 Å². The van der Waals surface area contributed by atoms with Crippen LogP contribution in [0.25, 0.3) is 0 Å². The Bertz CT molecular complexity index is 203. The van der Waals surface area contributed by atoms with Gasteiger partial charge in [0, 0.05) is 20.2 Å². The van der Waals surface area contributed by atoms with Crippen LogP contribution >= 0.6 is 0 Å². The molecule has 1 atom stereocenters. The first kappa shape index (κ1) is 14.9. The fourth-order valence-corrected chi connectivity index (χ4v) is 1.97. The molecule has 1 fully saturated rings. The summed E-state index contributed by atoms with van der Waals surface area (Å²) in [5.74, 6) is 0. The highest BCUT2D eigenvalue weighted by molar-refractivity contribution is 4.73. The lowest BCUT2D eigenvalue weighted by Gasteiger charge is -2.24. The summed E-state index contributed by atoms with van der Waals surface area (Å²) in [4.78, 5) is 0. The second-order valence-corrected chi connectivity index (χ2v) is 5.49. The molecule has 4 heteroatoms. The normalized spacial score (nSPS) is 19.8. The molecule has 102 valence electrons. The van der Waals surface area contributed by atoms with Crippen molar-refractivity contribution in [3.05, 3.63) is 0 Å². The maximum Gasteiger partial charge on any atom is 0.0897 e. The Morgan fingerprint density at radius 3 is 2.59 bits per heavy atom. The van der Waals surface area contributed by atoms with Gasteiger partial charge in [0.05, 0.1) is 24.4 Å². The molecule has 0 aromatic rings. The first-order valence-corrected chi connectivity index (χ1v) is 6.59. The Hall–Kier alpha value is -0.160. The number of nitrogens with one attached hydrogen (secondary N) is 1. The van der Waals surface area contributed by atoms with Crippen molar-refractivity contribution in [2.45, 2.75) is 57.3 Å². The summed E-state index contributed by atoms with van der Waals surface area (Å²) in [5.41, 5.74) is -0.188. The molecule has 1 saturated carbocycles. The van der Waals surface area contributed by atoms with Crippen LogP contribution in [0.3, 0.4) is 0 Å². The van der Waals surface area contributed by atoms with E-state index >= 15 is 0 Å². The van der Waals surface area contributed by atoms with E-state index in [1.54, 1.807) is 7.11 Å². The summed E-state index contributed by atoms with van der Waals surface area (Å²) in [6, 6.07) is 0. The highest BCUT2D eigenvalue weighted by Gasteiger charge is 2.18. The second kappa shape index (κ2) is 7.31. The molecule has 4 nitrogen and oxygen atoms in total. The summed E-state index contributed by atoms with van der Waals surface area (Å²) in [6.07, 6.45) is 4.78. The molecular weight excluding hydrogens is 218 g/mol. The van der Waals surface area contributed by atoms with Gasteiger partial charge in [0.25, 0.3) is 0 Å². The van der Waals surface area contributed by atoms with Crippen LogP contribution in [0.2, 0.25) is 0 Å². The lowest BCUT2D eigenvalue weighted by atomic mass is 10.1. The molecule has 0 spiro atoms. The molecular formula is C13H27NO3. The summed E-state index contributed by atoms with van der Waals surface area (Å²) < 4.78 is 10.9. The minimum Gasteiger partial charge on any atom is -0.389 e. The van der Waals surface area contributed by atoms with Gasteiger partial charge in [0.2, 0.25) is 0 Å². The molecule has 0 aromatic heterocycles. The van der Waals surface area contributed by atoms with Gasteiger partial charge in [0.1, 0.15) is 0 Å². The molecule has 0 saturated heterocycles. The van der Waals surface area contributed by atoms with E-state index in [4.69, 9.17) is 9.47 Å². The van der Waals surface area contributed by atoms with Gasteiger partial charge in [-0.1, -0.05) is 12.8 Å². The molecule has 0 radical (unpaired) electrons. The van der Waals surface area contributed by atoms with Crippen molar-refractivity contribution >= 4 is 0 Å². The third kappa shape index (κ3) is 6.36. The number of rotatable bonds is 8. The first-order valence-electron chi connectivity index (χ1n) is 6.59. The van der Waals surface area contributed by atoms with Crippen LogP contribution in [0.15, 0.2) is 0 Å². The fraction of sp³-hybridized carbons (Fsp3) is 1.00. The van der Waals surface area contributed by atoms with E-state index in [2.05, 4.69) is 5.32 Å². The van der Waals surface area contributed by atoms with E-state index in [0.29, 0.717) is 19.3 Å². The molecule has 1 rings (SSSR count). The van der Waals surface area contributed by atoms with Crippen LogP contribution in [0.4, 0.5) is 0 Å². The van der Waals surface area contributed by atoms with E-state index in [9.17, 15) is 5.11 Å². The minimum absolute atomic E-state index is 0.188. The number of hydrogen-bond acceptors (Lipinski definition) is 4. The Balaban J connectivity index is 2.02. The lowest BCUT2D eigenvalue weighted by Crippen LogP contribution is -2.41. The monoisotopic (exact) mass is 245 g/mol. The summed E-state index contributed by atoms with van der Waals surface area (Å²) >= 11 is 0.